The molecule has 2 heterocycles. The van der Waals surface area contributed by atoms with Gasteiger partial charge in [0.25, 0.3) is 0 Å². The van der Waals surface area contributed by atoms with E-state index in [-0.39, 0.29) is 0 Å². The van der Waals surface area contributed by atoms with Crippen LogP contribution in [0.5, 0.6) is 0 Å². The van der Waals surface area contributed by atoms with Gasteiger partial charge in [-0.3, -0.25) is 4.98 Å². The second-order valence-corrected chi connectivity index (χ2v) is 5.26. The Bertz CT molecular complexity index is 491. The van der Waals surface area contributed by atoms with Gasteiger partial charge in [0.05, 0.1) is 23.6 Å². The Kier molecular flexibility index (Phi) is 4.39. The number of methoxy groups -OCH3 is 1. The van der Waals surface area contributed by atoms with Crippen molar-refractivity contribution < 1.29 is 4.74 Å². The monoisotopic (exact) mass is 259 g/mol. The van der Waals surface area contributed by atoms with Crippen LogP contribution in [0.1, 0.15) is 29.8 Å². The number of nitriles is 1. The molecule has 1 fully saturated rings. The van der Waals surface area contributed by atoms with Crippen molar-refractivity contribution >= 4 is 5.69 Å². The van der Waals surface area contributed by atoms with Gasteiger partial charge in [0.1, 0.15) is 6.07 Å². The van der Waals surface area contributed by atoms with E-state index in [1.54, 1.807) is 7.11 Å². The highest BCUT2D eigenvalue weighted by atomic mass is 16.5. The number of pyridine rings is 1. The van der Waals surface area contributed by atoms with Crippen LogP contribution in [-0.2, 0) is 4.74 Å². The molecule has 4 heteroatoms. The van der Waals surface area contributed by atoms with Crippen molar-refractivity contribution in [3.05, 3.63) is 23.0 Å². The van der Waals surface area contributed by atoms with Gasteiger partial charge in [0, 0.05) is 25.9 Å². The zero-order valence-corrected chi connectivity index (χ0v) is 11.9. The van der Waals surface area contributed by atoms with E-state index in [1.165, 1.54) is 6.42 Å². The van der Waals surface area contributed by atoms with Crippen molar-refractivity contribution in [2.45, 2.75) is 26.7 Å². The lowest BCUT2D eigenvalue weighted by atomic mass is 9.97. The molecule has 1 saturated heterocycles. The summed E-state index contributed by atoms with van der Waals surface area (Å²) in [5.41, 5.74) is 3.55. The summed E-state index contributed by atoms with van der Waals surface area (Å²) in [6.45, 7) is 6.66. The van der Waals surface area contributed by atoms with Crippen LogP contribution in [-0.4, -0.2) is 31.8 Å². The normalized spacial score (nSPS) is 19.3. The molecule has 102 valence electrons. The number of hydrogen-bond donors (Lipinski definition) is 0. The van der Waals surface area contributed by atoms with Crippen molar-refractivity contribution in [3.8, 4) is 6.07 Å². The van der Waals surface area contributed by atoms with Gasteiger partial charge in [-0.1, -0.05) is 0 Å². The zero-order valence-electron chi connectivity index (χ0n) is 11.9. The minimum absolute atomic E-state index is 0.555. The van der Waals surface area contributed by atoms with Gasteiger partial charge in [-0.05, 0) is 38.7 Å². The van der Waals surface area contributed by atoms with E-state index < -0.39 is 0 Å². The SMILES string of the molecule is COCC1CCCN(c2cc(C)nc(C)c2C#N)C1. The molecule has 0 spiro atoms. The maximum Gasteiger partial charge on any atom is 0.103 e. The van der Waals surface area contributed by atoms with Crippen LogP contribution in [0, 0.1) is 31.1 Å². The van der Waals surface area contributed by atoms with E-state index in [2.05, 4.69) is 16.0 Å². The summed E-state index contributed by atoms with van der Waals surface area (Å²) in [7, 11) is 1.75. The summed E-state index contributed by atoms with van der Waals surface area (Å²) in [5.74, 6) is 0.555. The third kappa shape index (κ3) is 3.05. The molecule has 1 aromatic rings. The van der Waals surface area contributed by atoms with Gasteiger partial charge in [-0.25, -0.2) is 0 Å². The van der Waals surface area contributed by atoms with E-state index in [9.17, 15) is 5.26 Å². The Morgan fingerprint density at radius 1 is 1.53 bits per heavy atom. The quantitative estimate of drug-likeness (QED) is 0.836. The Morgan fingerprint density at radius 3 is 3.00 bits per heavy atom. The Morgan fingerprint density at radius 2 is 2.32 bits per heavy atom. The summed E-state index contributed by atoms with van der Waals surface area (Å²) >= 11 is 0. The molecule has 0 amide bonds. The average Bonchev–Trinajstić information content (AvgIpc) is 2.38. The summed E-state index contributed by atoms with van der Waals surface area (Å²) in [5, 5.41) is 9.35. The molecule has 4 nitrogen and oxygen atoms in total. The van der Waals surface area contributed by atoms with Crippen LogP contribution in [0.15, 0.2) is 6.07 Å². The molecule has 0 aliphatic carbocycles. The van der Waals surface area contributed by atoms with Crippen molar-refractivity contribution in [3.63, 3.8) is 0 Å². The molecular formula is C15H21N3O. The maximum absolute atomic E-state index is 9.35. The van der Waals surface area contributed by atoms with Gasteiger partial charge < -0.3 is 9.64 Å². The Balaban J connectivity index is 2.28. The predicted molar refractivity (Wildman–Crippen MR) is 75.2 cm³/mol. The largest absolute Gasteiger partial charge is 0.384 e. The van der Waals surface area contributed by atoms with Crippen molar-refractivity contribution in [2.24, 2.45) is 5.92 Å². The van der Waals surface area contributed by atoms with Crippen molar-refractivity contribution in [1.82, 2.24) is 4.98 Å². The minimum Gasteiger partial charge on any atom is -0.384 e. The fourth-order valence-electron chi connectivity index (χ4n) is 2.85. The predicted octanol–water partition coefficient (Wildman–Crippen LogP) is 2.43. The van der Waals surface area contributed by atoms with E-state index in [4.69, 9.17) is 4.74 Å². The molecule has 1 aliphatic rings. The highest BCUT2D eigenvalue weighted by Gasteiger charge is 2.23. The first kappa shape index (κ1) is 13.8. The lowest BCUT2D eigenvalue weighted by Gasteiger charge is -2.34. The lowest BCUT2D eigenvalue weighted by Crippen LogP contribution is -2.37. The number of rotatable bonds is 3. The van der Waals surface area contributed by atoms with E-state index in [0.29, 0.717) is 11.5 Å². The fourth-order valence-corrected chi connectivity index (χ4v) is 2.85. The molecule has 19 heavy (non-hydrogen) atoms. The van der Waals surface area contributed by atoms with Gasteiger partial charge in [-0.15, -0.1) is 0 Å². The molecule has 0 N–H and O–H groups in total. The molecule has 0 bridgehead atoms. The molecule has 0 aromatic carbocycles. The highest BCUT2D eigenvalue weighted by molar-refractivity contribution is 5.61. The van der Waals surface area contributed by atoms with Gasteiger partial charge >= 0.3 is 0 Å². The standard InChI is InChI=1S/C15H21N3O/c1-11-7-15(14(8-16)12(2)17-11)18-6-4-5-13(9-18)10-19-3/h7,13H,4-6,9-10H2,1-3H3. The molecular weight excluding hydrogens is 238 g/mol. The third-order valence-corrected chi connectivity index (χ3v) is 3.68. The number of nitrogens with zero attached hydrogens (tertiary/aromatic N) is 3. The molecule has 1 aromatic heterocycles. The Hall–Kier alpha value is -1.60. The number of piperidine rings is 1. The number of hydrogen-bond acceptors (Lipinski definition) is 4. The summed E-state index contributed by atoms with van der Waals surface area (Å²) in [6, 6.07) is 4.33. The van der Waals surface area contributed by atoms with Crippen LogP contribution < -0.4 is 4.90 Å². The second-order valence-electron chi connectivity index (χ2n) is 5.26. The smallest absolute Gasteiger partial charge is 0.103 e. The van der Waals surface area contributed by atoms with E-state index in [0.717, 1.165) is 43.2 Å². The van der Waals surface area contributed by atoms with Crippen LogP contribution in [0.25, 0.3) is 0 Å². The second kappa shape index (κ2) is 6.03. The summed E-state index contributed by atoms with van der Waals surface area (Å²) in [6.07, 6.45) is 2.36. The number of aromatic nitrogens is 1. The minimum atomic E-state index is 0.555. The van der Waals surface area contributed by atoms with Crippen LogP contribution in [0.3, 0.4) is 0 Å². The highest BCUT2D eigenvalue weighted by Crippen LogP contribution is 2.28. The molecule has 2 rings (SSSR count). The van der Waals surface area contributed by atoms with Crippen LogP contribution in [0.4, 0.5) is 5.69 Å². The summed E-state index contributed by atoms with van der Waals surface area (Å²) < 4.78 is 5.27. The van der Waals surface area contributed by atoms with Gasteiger partial charge in [0.15, 0.2) is 0 Å². The molecule has 1 aliphatic heterocycles. The van der Waals surface area contributed by atoms with Crippen LogP contribution >= 0.6 is 0 Å². The Labute approximate surface area is 115 Å². The lowest BCUT2D eigenvalue weighted by molar-refractivity contribution is 0.143. The molecule has 0 saturated carbocycles. The first-order valence-corrected chi connectivity index (χ1v) is 6.78. The number of ether oxygens (including phenoxy) is 1. The van der Waals surface area contributed by atoms with E-state index in [1.807, 2.05) is 19.9 Å². The van der Waals surface area contributed by atoms with Crippen LogP contribution in [0.2, 0.25) is 0 Å². The maximum atomic E-state index is 9.35. The molecule has 0 radical (unpaired) electrons. The topological polar surface area (TPSA) is 49.1 Å². The number of aryl methyl sites for hydroxylation is 2. The first-order valence-electron chi connectivity index (χ1n) is 6.78. The number of anilines is 1. The van der Waals surface area contributed by atoms with Gasteiger partial charge in [-0.2, -0.15) is 5.26 Å². The molecule has 1 atom stereocenters. The summed E-state index contributed by atoms with van der Waals surface area (Å²) in [4.78, 5) is 6.69. The van der Waals surface area contributed by atoms with Crippen molar-refractivity contribution in [1.29, 1.82) is 5.26 Å². The average molecular weight is 259 g/mol. The fraction of sp³-hybridized carbons (Fsp3) is 0.600. The first-order chi connectivity index (χ1) is 9.15. The van der Waals surface area contributed by atoms with Gasteiger partial charge in [0.2, 0.25) is 0 Å². The zero-order chi connectivity index (χ0) is 13.8. The molecule has 1 unspecified atom stereocenters. The van der Waals surface area contributed by atoms with Crippen molar-refractivity contribution in [2.75, 3.05) is 31.7 Å². The van der Waals surface area contributed by atoms with E-state index >= 15 is 0 Å². The third-order valence-electron chi connectivity index (χ3n) is 3.68.